The molecule has 0 aliphatic carbocycles. The molecule has 0 bridgehead atoms. The Morgan fingerprint density at radius 1 is 1.31 bits per heavy atom. The van der Waals surface area contributed by atoms with Crippen molar-refractivity contribution in [2.45, 2.75) is 32.4 Å². The number of aliphatic hydroxyl groups is 2. The van der Waals surface area contributed by atoms with Gasteiger partial charge in [0.1, 0.15) is 0 Å². The van der Waals surface area contributed by atoms with E-state index in [9.17, 15) is 0 Å². The summed E-state index contributed by atoms with van der Waals surface area (Å²) in [5.74, 6) is 0.581. The number of rotatable bonds is 7. The summed E-state index contributed by atoms with van der Waals surface area (Å²) in [6.07, 6.45) is 1.01. The maximum Gasteiger partial charge on any atom is 0.0607 e. The molecule has 0 aromatic carbocycles. The quantitative estimate of drug-likeness (QED) is 0.684. The predicted octanol–water partition coefficient (Wildman–Crippen LogP) is 1.78. The topological polar surface area (TPSA) is 52.5 Å². The molecule has 0 spiro atoms. The summed E-state index contributed by atoms with van der Waals surface area (Å²) in [6.45, 7) is 4.29. The molecule has 3 N–H and O–H groups in total. The van der Waals surface area contributed by atoms with Crippen LogP contribution >= 0.6 is 11.3 Å². The highest BCUT2D eigenvalue weighted by Crippen LogP contribution is 2.25. The molecule has 0 radical (unpaired) electrons. The first kappa shape index (κ1) is 13.6. The van der Waals surface area contributed by atoms with Crippen molar-refractivity contribution in [3.05, 3.63) is 22.4 Å². The number of nitrogens with one attached hydrogen (secondary N) is 1. The summed E-state index contributed by atoms with van der Waals surface area (Å²) in [5, 5.41) is 23.5. The van der Waals surface area contributed by atoms with Gasteiger partial charge in [0.05, 0.1) is 19.3 Å². The second kappa shape index (κ2) is 7.01. The van der Waals surface area contributed by atoms with Gasteiger partial charge >= 0.3 is 0 Å². The molecule has 0 amide bonds. The molecule has 1 atom stereocenters. The van der Waals surface area contributed by atoms with E-state index in [1.54, 1.807) is 11.3 Å². The van der Waals surface area contributed by atoms with Gasteiger partial charge in [0.2, 0.25) is 0 Å². The fourth-order valence-electron chi connectivity index (χ4n) is 1.67. The molecule has 92 valence electrons. The average molecular weight is 243 g/mol. The van der Waals surface area contributed by atoms with E-state index in [2.05, 4.69) is 30.6 Å². The van der Waals surface area contributed by atoms with Crippen molar-refractivity contribution in [3.8, 4) is 0 Å². The molecule has 0 aliphatic rings. The Morgan fingerprint density at radius 3 is 2.44 bits per heavy atom. The molecular formula is C12H21NO2S. The normalized spacial score (nSPS) is 13.6. The van der Waals surface area contributed by atoms with Crippen LogP contribution in [0.15, 0.2) is 17.5 Å². The molecule has 1 aromatic heterocycles. The van der Waals surface area contributed by atoms with Gasteiger partial charge in [0, 0.05) is 10.9 Å². The van der Waals surface area contributed by atoms with Gasteiger partial charge in [0.15, 0.2) is 0 Å². The van der Waals surface area contributed by atoms with Gasteiger partial charge in [-0.2, -0.15) is 0 Å². The van der Waals surface area contributed by atoms with E-state index in [0.717, 1.165) is 6.42 Å². The second-order valence-corrected chi connectivity index (χ2v) is 5.41. The standard InChI is InChI=1S/C12H21NO2S/c1-9(2)6-11(12-4-3-5-16-12)13-10(7-14)8-15/h3-5,9-11,13-15H,6-8H2,1-2H3/t11-/m1/s1. The molecule has 0 unspecified atom stereocenters. The van der Waals surface area contributed by atoms with E-state index in [1.165, 1.54) is 4.88 Å². The highest BCUT2D eigenvalue weighted by Gasteiger charge is 2.17. The molecule has 3 nitrogen and oxygen atoms in total. The van der Waals surface area contributed by atoms with Crippen LogP contribution < -0.4 is 5.32 Å². The first-order valence-electron chi connectivity index (χ1n) is 5.68. The maximum atomic E-state index is 9.09. The van der Waals surface area contributed by atoms with E-state index >= 15 is 0 Å². The van der Waals surface area contributed by atoms with Gasteiger partial charge in [-0.3, -0.25) is 0 Å². The fourth-order valence-corrected chi connectivity index (χ4v) is 2.47. The van der Waals surface area contributed by atoms with Crippen LogP contribution in [0.25, 0.3) is 0 Å². The summed E-state index contributed by atoms with van der Waals surface area (Å²) >= 11 is 1.71. The van der Waals surface area contributed by atoms with Crippen LogP contribution in [0.3, 0.4) is 0 Å². The zero-order valence-electron chi connectivity index (χ0n) is 9.89. The molecule has 0 saturated heterocycles. The van der Waals surface area contributed by atoms with Gasteiger partial charge in [0.25, 0.3) is 0 Å². The molecule has 0 fully saturated rings. The van der Waals surface area contributed by atoms with Gasteiger partial charge in [-0.25, -0.2) is 0 Å². The summed E-state index contributed by atoms with van der Waals surface area (Å²) < 4.78 is 0. The van der Waals surface area contributed by atoms with Gasteiger partial charge < -0.3 is 15.5 Å². The maximum absolute atomic E-state index is 9.09. The van der Waals surface area contributed by atoms with E-state index in [0.29, 0.717) is 5.92 Å². The van der Waals surface area contributed by atoms with Crippen molar-refractivity contribution >= 4 is 11.3 Å². The van der Waals surface area contributed by atoms with Crippen LogP contribution in [-0.4, -0.2) is 29.5 Å². The summed E-state index contributed by atoms with van der Waals surface area (Å²) in [5.41, 5.74) is 0. The molecule has 16 heavy (non-hydrogen) atoms. The monoisotopic (exact) mass is 243 g/mol. The fraction of sp³-hybridized carbons (Fsp3) is 0.667. The van der Waals surface area contributed by atoms with E-state index in [-0.39, 0.29) is 25.3 Å². The first-order chi connectivity index (χ1) is 7.67. The lowest BCUT2D eigenvalue weighted by atomic mass is 10.0. The Kier molecular flexibility index (Phi) is 5.98. The second-order valence-electron chi connectivity index (χ2n) is 4.43. The highest BCUT2D eigenvalue weighted by atomic mass is 32.1. The SMILES string of the molecule is CC(C)C[C@@H](NC(CO)CO)c1cccs1. The largest absolute Gasteiger partial charge is 0.395 e. The van der Waals surface area contributed by atoms with E-state index in [1.807, 2.05) is 6.07 Å². The van der Waals surface area contributed by atoms with Crippen molar-refractivity contribution in [3.63, 3.8) is 0 Å². The zero-order chi connectivity index (χ0) is 12.0. The van der Waals surface area contributed by atoms with Gasteiger partial charge in [-0.1, -0.05) is 19.9 Å². The number of hydrogen-bond donors (Lipinski definition) is 3. The number of hydrogen-bond acceptors (Lipinski definition) is 4. The van der Waals surface area contributed by atoms with E-state index < -0.39 is 0 Å². The average Bonchev–Trinajstić information content (AvgIpc) is 2.76. The van der Waals surface area contributed by atoms with Crippen LogP contribution in [0.2, 0.25) is 0 Å². The Balaban J connectivity index is 2.64. The Bertz CT molecular complexity index is 271. The van der Waals surface area contributed by atoms with Crippen molar-refractivity contribution < 1.29 is 10.2 Å². The lowest BCUT2D eigenvalue weighted by Crippen LogP contribution is -2.38. The van der Waals surface area contributed by atoms with Crippen LogP contribution in [0.1, 0.15) is 31.2 Å². The van der Waals surface area contributed by atoms with Crippen LogP contribution in [0.4, 0.5) is 0 Å². The third kappa shape index (κ3) is 4.22. The smallest absolute Gasteiger partial charge is 0.0607 e. The third-order valence-corrected chi connectivity index (χ3v) is 3.46. The lowest BCUT2D eigenvalue weighted by Gasteiger charge is -2.24. The molecule has 4 heteroatoms. The van der Waals surface area contributed by atoms with Crippen molar-refractivity contribution in [1.82, 2.24) is 5.32 Å². The summed E-state index contributed by atoms with van der Waals surface area (Å²) in [6, 6.07) is 4.12. The molecule has 1 aromatic rings. The minimum absolute atomic E-state index is 0.0313. The molecule has 1 rings (SSSR count). The molecule has 1 heterocycles. The number of aliphatic hydroxyl groups excluding tert-OH is 2. The summed E-state index contributed by atoms with van der Waals surface area (Å²) in [4.78, 5) is 1.26. The first-order valence-corrected chi connectivity index (χ1v) is 6.56. The van der Waals surface area contributed by atoms with Crippen molar-refractivity contribution in [1.29, 1.82) is 0 Å². The lowest BCUT2D eigenvalue weighted by molar-refractivity contribution is 0.158. The minimum atomic E-state index is -0.231. The van der Waals surface area contributed by atoms with Gasteiger partial charge in [-0.15, -0.1) is 11.3 Å². The van der Waals surface area contributed by atoms with Crippen molar-refractivity contribution in [2.24, 2.45) is 5.92 Å². The van der Waals surface area contributed by atoms with E-state index in [4.69, 9.17) is 10.2 Å². The van der Waals surface area contributed by atoms with Crippen LogP contribution in [-0.2, 0) is 0 Å². The minimum Gasteiger partial charge on any atom is -0.395 e. The molecule has 0 saturated carbocycles. The Morgan fingerprint density at radius 2 is 2.00 bits per heavy atom. The van der Waals surface area contributed by atoms with Crippen LogP contribution in [0, 0.1) is 5.92 Å². The molecular weight excluding hydrogens is 222 g/mol. The molecule has 0 aliphatic heterocycles. The van der Waals surface area contributed by atoms with Crippen molar-refractivity contribution in [2.75, 3.05) is 13.2 Å². The Labute approximate surface area is 101 Å². The predicted molar refractivity (Wildman–Crippen MR) is 67.6 cm³/mol. The van der Waals surface area contributed by atoms with Crippen LogP contribution in [0.5, 0.6) is 0 Å². The highest BCUT2D eigenvalue weighted by molar-refractivity contribution is 7.10. The van der Waals surface area contributed by atoms with Gasteiger partial charge in [-0.05, 0) is 23.8 Å². The Hall–Kier alpha value is -0.420. The summed E-state index contributed by atoms with van der Waals surface area (Å²) in [7, 11) is 0. The zero-order valence-corrected chi connectivity index (χ0v) is 10.7. The number of thiophene rings is 1. The third-order valence-electron chi connectivity index (χ3n) is 2.47.